The van der Waals surface area contributed by atoms with Gasteiger partial charge in [0.1, 0.15) is 42.6 Å². The highest BCUT2D eigenvalue weighted by atomic mass is 31.2. The van der Waals surface area contributed by atoms with Crippen molar-refractivity contribution in [2.75, 3.05) is 26.4 Å². The van der Waals surface area contributed by atoms with E-state index in [2.05, 4.69) is 22.9 Å². The van der Waals surface area contributed by atoms with Gasteiger partial charge in [0.2, 0.25) is 0 Å². The minimum Gasteiger partial charge on any atom is -0.387 e. The first-order chi connectivity index (χ1) is 27.0. The summed E-state index contributed by atoms with van der Waals surface area (Å²) in [6.07, 6.45) is 19.1. The minimum absolute atomic E-state index is 0.0282. The SMILES string of the molecule is C#C[C@@]1(c2ccc3c(C)ncnn23)O[C@H](COP(=O)(O)OC[C@@H](COCCCCCCCCCCCCCCCC)OCc2ccc(F)c(C#N)c2)[C@@H](O)[C@H]1O. The molecule has 0 saturated carbocycles. The maximum atomic E-state index is 13.9. The Morgan fingerprint density at radius 1 is 1.00 bits per heavy atom. The summed E-state index contributed by atoms with van der Waals surface area (Å²) in [6.45, 7) is 3.38. The van der Waals surface area contributed by atoms with Crippen LogP contribution in [0, 0.1) is 36.4 Å². The van der Waals surface area contributed by atoms with Crippen molar-refractivity contribution in [3.8, 4) is 18.4 Å². The molecule has 1 aromatic carbocycles. The van der Waals surface area contributed by atoms with E-state index < -0.39 is 56.9 Å². The maximum absolute atomic E-state index is 13.9. The van der Waals surface area contributed by atoms with Crippen LogP contribution in [-0.2, 0) is 40.0 Å². The van der Waals surface area contributed by atoms with Crippen molar-refractivity contribution < 1.29 is 47.3 Å². The zero-order chi connectivity index (χ0) is 40.4. The molecule has 6 atom stereocenters. The van der Waals surface area contributed by atoms with E-state index in [9.17, 15) is 29.3 Å². The number of phosphoric acid groups is 1. The number of aromatic nitrogens is 3. The van der Waals surface area contributed by atoms with Gasteiger partial charge in [-0.2, -0.15) is 10.4 Å². The fourth-order valence-electron chi connectivity index (χ4n) is 6.80. The first kappa shape index (κ1) is 45.4. The third kappa shape index (κ3) is 13.1. The average molecular weight is 801 g/mol. The topological polar surface area (TPSA) is 178 Å². The summed E-state index contributed by atoms with van der Waals surface area (Å²) < 4.78 is 56.6. The molecule has 3 aromatic rings. The molecule has 1 unspecified atom stereocenters. The summed E-state index contributed by atoms with van der Waals surface area (Å²) in [6, 6.07) is 9.11. The summed E-state index contributed by atoms with van der Waals surface area (Å²) in [7, 11) is -4.77. The molecule has 1 aliphatic rings. The van der Waals surface area contributed by atoms with Crippen molar-refractivity contribution in [1.29, 1.82) is 5.26 Å². The second-order valence-electron chi connectivity index (χ2n) is 14.4. The summed E-state index contributed by atoms with van der Waals surface area (Å²) in [4.78, 5) is 14.7. The van der Waals surface area contributed by atoms with Crippen LogP contribution < -0.4 is 0 Å². The fourth-order valence-corrected chi connectivity index (χ4v) is 7.56. The van der Waals surface area contributed by atoms with Crippen LogP contribution >= 0.6 is 7.82 Å². The van der Waals surface area contributed by atoms with Crippen LogP contribution in [0.15, 0.2) is 36.7 Å². The summed E-state index contributed by atoms with van der Waals surface area (Å²) in [5.74, 6) is 1.78. The Morgan fingerprint density at radius 3 is 2.30 bits per heavy atom. The van der Waals surface area contributed by atoms with Crippen LogP contribution in [0.3, 0.4) is 0 Å². The predicted molar refractivity (Wildman–Crippen MR) is 208 cm³/mol. The molecular weight excluding hydrogens is 742 g/mol. The lowest BCUT2D eigenvalue weighted by Crippen LogP contribution is -2.41. The zero-order valence-corrected chi connectivity index (χ0v) is 33.6. The van der Waals surface area contributed by atoms with E-state index in [1.165, 1.54) is 99.7 Å². The third-order valence-corrected chi connectivity index (χ3v) is 11.1. The number of ether oxygens (including phenoxy) is 3. The standard InChI is InChI=1S/C41H58FN4O9P/c1-4-6-7-8-9-10-11-12-13-14-15-16-17-18-23-51-27-34(52-26-32-19-20-35(42)33(24-32)25-43)28-53-56(49,50)54-29-37-39(47)40(48)41(5-2,55-37)38-22-21-36-31(3)44-30-45-46(36)38/h2,19-22,24,30,34,37,39-40,47-48H,4,6-18,23,26-29H2,1,3H3,(H,49,50)/t34-,37-,39-,40-,41+/m1/s1. The summed E-state index contributed by atoms with van der Waals surface area (Å²) >= 11 is 0. The molecule has 0 radical (unpaired) electrons. The van der Waals surface area contributed by atoms with E-state index >= 15 is 0 Å². The number of unbranched alkanes of at least 4 members (excludes halogenated alkanes) is 13. The number of aryl methyl sites for hydroxylation is 1. The number of aliphatic hydroxyl groups excluding tert-OH is 2. The second kappa shape index (κ2) is 23.2. The third-order valence-electron chi connectivity index (χ3n) is 10.1. The van der Waals surface area contributed by atoms with Crippen molar-refractivity contribution in [2.24, 2.45) is 0 Å². The first-order valence-electron chi connectivity index (χ1n) is 19.9. The van der Waals surface area contributed by atoms with Gasteiger partial charge in [0, 0.05) is 6.61 Å². The number of terminal acetylenes is 1. The molecule has 56 heavy (non-hydrogen) atoms. The van der Waals surface area contributed by atoms with Crippen LogP contribution in [0.1, 0.15) is 119 Å². The molecule has 0 amide bonds. The van der Waals surface area contributed by atoms with Gasteiger partial charge in [-0.25, -0.2) is 18.5 Å². The Labute approximate surface area is 330 Å². The fraction of sp³-hybridized carbons (Fsp3) is 0.634. The lowest BCUT2D eigenvalue weighted by atomic mass is 9.92. The van der Waals surface area contributed by atoms with Crippen LogP contribution in [0.5, 0.6) is 0 Å². The highest BCUT2D eigenvalue weighted by Gasteiger charge is 2.56. The highest BCUT2D eigenvalue weighted by molar-refractivity contribution is 7.47. The number of halogens is 1. The van der Waals surface area contributed by atoms with E-state index in [0.29, 0.717) is 23.4 Å². The van der Waals surface area contributed by atoms with Crippen molar-refractivity contribution >= 4 is 13.3 Å². The van der Waals surface area contributed by atoms with Crippen molar-refractivity contribution in [2.45, 2.75) is 140 Å². The Kier molecular flexibility index (Phi) is 18.8. The highest BCUT2D eigenvalue weighted by Crippen LogP contribution is 2.46. The Morgan fingerprint density at radius 2 is 1.66 bits per heavy atom. The average Bonchev–Trinajstić information content (AvgIpc) is 3.74. The maximum Gasteiger partial charge on any atom is 0.472 e. The number of hydrogen-bond acceptors (Lipinski definition) is 11. The van der Waals surface area contributed by atoms with Gasteiger partial charge in [-0.1, -0.05) is 102 Å². The molecule has 3 heterocycles. The van der Waals surface area contributed by atoms with Crippen LogP contribution in [0.4, 0.5) is 4.39 Å². The molecule has 2 aromatic heterocycles. The summed E-state index contributed by atoms with van der Waals surface area (Å²) in [5, 5.41) is 35.4. The first-order valence-corrected chi connectivity index (χ1v) is 21.4. The van der Waals surface area contributed by atoms with Gasteiger partial charge in [-0.15, -0.1) is 6.42 Å². The van der Waals surface area contributed by atoms with Gasteiger partial charge in [0.25, 0.3) is 0 Å². The number of nitriles is 1. The number of aliphatic hydroxyl groups is 2. The van der Waals surface area contributed by atoms with Crippen molar-refractivity contribution in [1.82, 2.24) is 14.6 Å². The van der Waals surface area contributed by atoms with E-state index in [4.69, 9.17) is 29.7 Å². The molecule has 0 aliphatic carbocycles. The molecule has 308 valence electrons. The normalized spacial score (nSPS) is 21.2. The van der Waals surface area contributed by atoms with Crippen molar-refractivity contribution in [3.63, 3.8) is 0 Å². The Balaban J connectivity index is 1.23. The lowest BCUT2D eigenvalue weighted by molar-refractivity contribution is -0.0681. The number of nitrogens with zero attached hydrogens (tertiary/aromatic N) is 4. The van der Waals surface area contributed by atoms with Gasteiger partial charge < -0.3 is 29.3 Å². The Bertz CT molecular complexity index is 1780. The molecular formula is C41H58FN4O9P. The molecule has 0 bridgehead atoms. The molecule has 1 aliphatic heterocycles. The van der Waals surface area contributed by atoms with Gasteiger partial charge in [0.15, 0.2) is 5.60 Å². The second-order valence-corrected chi connectivity index (χ2v) is 15.9. The molecule has 15 heteroatoms. The van der Waals surface area contributed by atoms with E-state index in [-0.39, 0.29) is 24.5 Å². The predicted octanol–water partition coefficient (Wildman–Crippen LogP) is 7.21. The molecule has 1 fully saturated rings. The molecule has 3 N–H and O–H groups in total. The lowest BCUT2D eigenvalue weighted by Gasteiger charge is -2.26. The van der Waals surface area contributed by atoms with Crippen LogP contribution in [0.2, 0.25) is 0 Å². The quantitative estimate of drug-likeness (QED) is 0.0402. The molecule has 0 spiro atoms. The molecule has 1 saturated heterocycles. The van der Waals surface area contributed by atoms with E-state index in [0.717, 1.165) is 19.3 Å². The largest absolute Gasteiger partial charge is 0.472 e. The van der Waals surface area contributed by atoms with E-state index in [1.807, 2.05) is 0 Å². The molecule has 13 nitrogen and oxygen atoms in total. The van der Waals surface area contributed by atoms with Crippen LogP contribution in [-0.4, -0.2) is 80.5 Å². The minimum atomic E-state index is -4.77. The number of phosphoric ester groups is 1. The number of benzene rings is 1. The number of fused-ring (bicyclic) bond motifs is 1. The number of rotatable bonds is 27. The number of hydrogen-bond donors (Lipinski definition) is 3. The molecule has 4 rings (SSSR count). The smallest absolute Gasteiger partial charge is 0.387 e. The van der Waals surface area contributed by atoms with E-state index in [1.54, 1.807) is 25.1 Å². The Hall–Kier alpha value is -3.27. The van der Waals surface area contributed by atoms with Gasteiger partial charge >= 0.3 is 7.82 Å². The van der Waals surface area contributed by atoms with Gasteiger partial charge in [0.05, 0.1) is 48.9 Å². The van der Waals surface area contributed by atoms with Gasteiger partial charge in [-0.05, 0) is 43.2 Å². The van der Waals surface area contributed by atoms with Crippen LogP contribution in [0.25, 0.3) is 5.52 Å². The monoisotopic (exact) mass is 800 g/mol. The van der Waals surface area contributed by atoms with Gasteiger partial charge in [-0.3, -0.25) is 9.05 Å². The summed E-state index contributed by atoms with van der Waals surface area (Å²) in [5.41, 5.74) is 0.0527. The van der Waals surface area contributed by atoms with Crippen molar-refractivity contribution in [3.05, 3.63) is 65.0 Å². The zero-order valence-electron chi connectivity index (χ0n) is 32.7.